The number of methoxy groups -OCH3 is 1. The molecule has 9 nitrogen and oxygen atoms in total. The largest absolute Gasteiger partial charge is 0.497 e. The number of amides is 2. The molecule has 1 aromatic carbocycles. The zero-order valence-electron chi connectivity index (χ0n) is 13.7. The zero-order chi connectivity index (χ0) is 18.2. The number of hydrogen-bond acceptors (Lipinski definition) is 7. The topological polar surface area (TPSA) is 120 Å². The third-order valence-corrected chi connectivity index (χ3v) is 3.01. The van der Waals surface area contributed by atoms with Gasteiger partial charge in [0.1, 0.15) is 18.1 Å². The van der Waals surface area contributed by atoms with Gasteiger partial charge in [-0.25, -0.2) is 0 Å². The van der Waals surface area contributed by atoms with Crippen molar-refractivity contribution in [3.8, 4) is 5.75 Å². The Labute approximate surface area is 143 Å². The number of anilines is 1. The highest BCUT2D eigenvalue weighted by molar-refractivity contribution is 5.96. The van der Waals surface area contributed by atoms with Gasteiger partial charge in [-0.2, -0.15) is 0 Å². The molecule has 0 aliphatic heterocycles. The van der Waals surface area contributed by atoms with Crippen LogP contribution in [0.4, 0.5) is 5.82 Å². The standard InChI is InChI=1S/C16H17N3O6/c1-10-7-13(19-25-10)18-14(20)9-24-15(21)8-17-16(22)11-3-5-12(23-2)6-4-11/h3-7H,8-9H2,1-2H3,(H,17,22)(H,18,19,20). The highest BCUT2D eigenvalue weighted by atomic mass is 16.5. The minimum absolute atomic E-state index is 0.228. The van der Waals surface area contributed by atoms with Crippen molar-refractivity contribution in [1.82, 2.24) is 10.5 Å². The Bertz CT molecular complexity index is 753. The van der Waals surface area contributed by atoms with Gasteiger partial charge < -0.3 is 24.6 Å². The van der Waals surface area contributed by atoms with Crippen LogP contribution in [0.2, 0.25) is 0 Å². The maximum atomic E-state index is 11.9. The second-order valence-electron chi connectivity index (χ2n) is 4.94. The number of esters is 1. The number of aryl methyl sites for hydroxylation is 1. The van der Waals surface area contributed by atoms with E-state index in [1.54, 1.807) is 31.2 Å². The minimum Gasteiger partial charge on any atom is -0.497 e. The molecule has 0 aliphatic rings. The van der Waals surface area contributed by atoms with Gasteiger partial charge in [-0.3, -0.25) is 14.4 Å². The summed E-state index contributed by atoms with van der Waals surface area (Å²) in [6, 6.07) is 7.90. The Hall–Kier alpha value is -3.36. The second kappa shape index (κ2) is 8.48. The van der Waals surface area contributed by atoms with Crippen LogP contribution >= 0.6 is 0 Å². The monoisotopic (exact) mass is 347 g/mol. The van der Waals surface area contributed by atoms with E-state index in [0.717, 1.165) is 0 Å². The molecule has 0 bridgehead atoms. The molecule has 0 atom stereocenters. The molecule has 0 saturated heterocycles. The molecule has 0 fully saturated rings. The first kappa shape index (κ1) is 18.0. The number of hydrogen-bond donors (Lipinski definition) is 2. The number of benzene rings is 1. The fraction of sp³-hybridized carbons (Fsp3) is 0.250. The number of carbonyl (C=O) groups is 3. The Kier molecular flexibility index (Phi) is 6.10. The van der Waals surface area contributed by atoms with Crippen molar-refractivity contribution in [3.05, 3.63) is 41.7 Å². The first-order valence-corrected chi connectivity index (χ1v) is 7.29. The van der Waals surface area contributed by atoms with Crippen LogP contribution in [0.15, 0.2) is 34.9 Å². The van der Waals surface area contributed by atoms with Crippen LogP contribution in [0.1, 0.15) is 16.1 Å². The number of aromatic nitrogens is 1. The third kappa shape index (κ3) is 5.65. The van der Waals surface area contributed by atoms with Crippen molar-refractivity contribution >= 4 is 23.6 Å². The molecule has 0 radical (unpaired) electrons. The summed E-state index contributed by atoms with van der Waals surface area (Å²) in [5.41, 5.74) is 0.368. The molecule has 0 aliphatic carbocycles. The van der Waals surface area contributed by atoms with Crippen molar-refractivity contribution in [2.75, 3.05) is 25.6 Å². The predicted molar refractivity (Wildman–Crippen MR) is 86.2 cm³/mol. The molecule has 0 unspecified atom stereocenters. The summed E-state index contributed by atoms with van der Waals surface area (Å²) in [6.45, 7) is 0.818. The van der Waals surface area contributed by atoms with Gasteiger partial charge in [-0.15, -0.1) is 0 Å². The van der Waals surface area contributed by atoms with Crippen molar-refractivity contribution in [2.45, 2.75) is 6.92 Å². The van der Waals surface area contributed by atoms with Crippen LogP contribution in [-0.4, -0.2) is 43.2 Å². The van der Waals surface area contributed by atoms with E-state index in [1.807, 2.05) is 0 Å². The van der Waals surface area contributed by atoms with E-state index < -0.39 is 24.4 Å². The van der Waals surface area contributed by atoms with E-state index in [-0.39, 0.29) is 12.4 Å². The summed E-state index contributed by atoms with van der Waals surface area (Å²) in [7, 11) is 1.52. The highest BCUT2D eigenvalue weighted by Crippen LogP contribution is 2.11. The summed E-state index contributed by atoms with van der Waals surface area (Å²) in [4.78, 5) is 35.0. The van der Waals surface area contributed by atoms with Gasteiger partial charge in [-0.05, 0) is 31.2 Å². The van der Waals surface area contributed by atoms with Gasteiger partial charge in [-0.1, -0.05) is 5.16 Å². The van der Waals surface area contributed by atoms with E-state index in [1.165, 1.54) is 13.2 Å². The van der Waals surface area contributed by atoms with E-state index in [0.29, 0.717) is 17.1 Å². The molecule has 2 N–H and O–H groups in total. The van der Waals surface area contributed by atoms with Gasteiger partial charge in [0.05, 0.1) is 7.11 Å². The fourth-order valence-electron chi connectivity index (χ4n) is 1.80. The molecular weight excluding hydrogens is 330 g/mol. The van der Waals surface area contributed by atoms with E-state index in [9.17, 15) is 14.4 Å². The molecule has 132 valence electrons. The van der Waals surface area contributed by atoms with Gasteiger partial charge in [0.2, 0.25) is 0 Å². The molecule has 0 saturated carbocycles. The Morgan fingerprint density at radius 1 is 1.20 bits per heavy atom. The normalized spacial score (nSPS) is 10.0. The summed E-state index contributed by atoms with van der Waals surface area (Å²) >= 11 is 0. The minimum atomic E-state index is -0.742. The van der Waals surface area contributed by atoms with Gasteiger partial charge in [0.15, 0.2) is 12.4 Å². The zero-order valence-corrected chi connectivity index (χ0v) is 13.7. The van der Waals surface area contributed by atoms with Crippen LogP contribution in [-0.2, 0) is 14.3 Å². The fourth-order valence-corrected chi connectivity index (χ4v) is 1.80. The van der Waals surface area contributed by atoms with E-state index in [2.05, 4.69) is 15.8 Å². The lowest BCUT2D eigenvalue weighted by atomic mass is 10.2. The lowest BCUT2D eigenvalue weighted by Crippen LogP contribution is -2.32. The molecular formula is C16H17N3O6. The van der Waals surface area contributed by atoms with E-state index >= 15 is 0 Å². The first-order valence-electron chi connectivity index (χ1n) is 7.29. The molecule has 0 spiro atoms. The average Bonchev–Trinajstić information content (AvgIpc) is 3.02. The lowest BCUT2D eigenvalue weighted by Gasteiger charge is -2.07. The third-order valence-electron chi connectivity index (χ3n) is 3.01. The molecule has 2 amide bonds. The predicted octanol–water partition coefficient (Wildman–Crippen LogP) is 0.903. The lowest BCUT2D eigenvalue weighted by molar-refractivity contribution is -0.146. The quantitative estimate of drug-likeness (QED) is 0.714. The smallest absolute Gasteiger partial charge is 0.325 e. The molecule has 9 heteroatoms. The van der Waals surface area contributed by atoms with Crippen LogP contribution in [0, 0.1) is 6.92 Å². The van der Waals surface area contributed by atoms with Crippen molar-refractivity contribution in [2.24, 2.45) is 0 Å². The number of carbonyl (C=O) groups excluding carboxylic acids is 3. The Morgan fingerprint density at radius 2 is 1.92 bits per heavy atom. The second-order valence-corrected chi connectivity index (χ2v) is 4.94. The Morgan fingerprint density at radius 3 is 2.52 bits per heavy atom. The summed E-state index contributed by atoms with van der Waals surface area (Å²) in [6.07, 6.45) is 0. The van der Waals surface area contributed by atoms with Crippen LogP contribution in [0.3, 0.4) is 0 Å². The number of rotatable bonds is 7. The maximum absolute atomic E-state index is 11.9. The van der Waals surface area contributed by atoms with Gasteiger partial charge >= 0.3 is 5.97 Å². The maximum Gasteiger partial charge on any atom is 0.325 e. The van der Waals surface area contributed by atoms with Crippen molar-refractivity contribution < 1.29 is 28.4 Å². The number of nitrogens with zero attached hydrogens (tertiary/aromatic N) is 1. The Balaban J connectivity index is 1.70. The molecule has 25 heavy (non-hydrogen) atoms. The van der Waals surface area contributed by atoms with Crippen LogP contribution in [0.25, 0.3) is 0 Å². The van der Waals surface area contributed by atoms with Crippen LogP contribution < -0.4 is 15.4 Å². The number of nitrogens with one attached hydrogen (secondary N) is 2. The number of ether oxygens (including phenoxy) is 2. The van der Waals surface area contributed by atoms with Crippen molar-refractivity contribution in [1.29, 1.82) is 0 Å². The molecule has 1 heterocycles. The van der Waals surface area contributed by atoms with Crippen molar-refractivity contribution in [3.63, 3.8) is 0 Å². The molecule has 2 aromatic rings. The van der Waals surface area contributed by atoms with E-state index in [4.69, 9.17) is 14.0 Å². The summed E-state index contributed by atoms with van der Waals surface area (Å²) in [5.74, 6) is -0.372. The highest BCUT2D eigenvalue weighted by Gasteiger charge is 2.12. The SMILES string of the molecule is COc1ccc(C(=O)NCC(=O)OCC(=O)Nc2cc(C)on2)cc1. The molecule has 1 aromatic heterocycles. The molecule has 2 rings (SSSR count). The van der Waals surface area contributed by atoms with Gasteiger partial charge in [0.25, 0.3) is 11.8 Å². The summed E-state index contributed by atoms with van der Waals surface area (Å²) < 4.78 is 14.5. The van der Waals surface area contributed by atoms with Crippen LogP contribution in [0.5, 0.6) is 5.75 Å². The first-order chi connectivity index (χ1) is 12.0. The summed E-state index contributed by atoms with van der Waals surface area (Å²) in [5, 5.41) is 8.37. The van der Waals surface area contributed by atoms with Gasteiger partial charge in [0, 0.05) is 11.6 Å². The average molecular weight is 347 g/mol.